The number of carbonyl (C=O) groups is 3. The Kier molecular flexibility index (Phi) is 68.6. The monoisotopic (exact) mass is 1150 g/mol. The van der Waals surface area contributed by atoms with Crippen molar-refractivity contribution >= 4 is 17.9 Å². The van der Waals surface area contributed by atoms with Crippen LogP contribution in [0.15, 0.2) is 48.6 Å². The van der Waals surface area contributed by atoms with Crippen molar-refractivity contribution in [2.24, 2.45) is 0 Å². The average molecular weight is 1150 g/mol. The average Bonchev–Trinajstić information content (AvgIpc) is 3.48. The number of ether oxygens (including phenoxy) is 3. The molecule has 0 fully saturated rings. The molecule has 0 amide bonds. The summed E-state index contributed by atoms with van der Waals surface area (Å²) in [6.45, 7) is 6.67. The van der Waals surface area contributed by atoms with E-state index in [4.69, 9.17) is 14.2 Å². The molecule has 6 nitrogen and oxygen atoms in total. The zero-order valence-corrected chi connectivity index (χ0v) is 55.3. The summed E-state index contributed by atoms with van der Waals surface area (Å²) in [5.41, 5.74) is 0. The first-order valence-electron chi connectivity index (χ1n) is 36.6. The van der Waals surface area contributed by atoms with Gasteiger partial charge in [0.2, 0.25) is 0 Å². The van der Waals surface area contributed by atoms with E-state index < -0.39 is 6.10 Å². The van der Waals surface area contributed by atoms with Crippen LogP contribution in [0.2, 0.25) is 0 Å². The van der Waals surface area contributed by atoms with E-state index in [9.17, 15) is 14.4 Å². The second kappa shape index (κ2) is 70.9. The molecule has 0 spiro atoms. The fraction of sp³-hybridized carbons (Fsp3) is 0.855. The van der Waals surface area contributed by atoms with Gasteiger partial charge in [-0.1, -0.05) is 345 Å². The second-order valence-electron chi connectivity index (χ2n) is 24.9. The van der Waals surface area contributed by atoms with Crippen molar-refractivity contribution in [3.8, 4) is 0 Å². The van der Waals surface area contributed by atoms with Crippen LogP contribution < -0.4 is 0 Å². The summed E-state index contributed by atoms with van der Waals surface area (Å²) in [6.07, 6.45) is 90.2. The first-order valence-corrected chi connectivity index (χ1v) is 36.6. The largest absolute Gasteiger partial charge is 0.462 e. The van der Waals surface area contributed by atoms with Gasteiger partial charge >= 0.3 is 17.9 Å². The highest BCUT2D eigenvalue weighted by Crippen LogP contribution is 2.18. The molecule has 0 rings (SSSR count). The zero-order valence-electron chi connectivity index (χ0n) is 55.3. The van der Waals surface area contributed by atoms with Crippen molar-refractivity contribution in [3.05, 3.63) is 48.6 Å². The van der Waals surface area contributed by atoms with Gasteiger partial charge in [-0.2, -0.15) is 0 Å². The lowest BCUT2D eigenvalue weighted by molar-refractivity contribution is -0.167. The molecular formula is C76H140O6. The molecule has 1 atom stereocenters. The number of hydrogen-bond acceptors (Lipinski definition) is 6. The van der Waals surface area contributed by atoms with Crippen LogP contribution in [-0.2, 0) is 28.6 Å². The zero-order chi connectivity index (χ0) is 59.2. The van der Waals surface area contributed by atoms with Gasteiger partial charge in [0.15, 0.2) is 6.10 Å². The predicted octanol–water partition coefficient (Wildman–Crippen LogP) is 25.3. The molecule has 0 aromatic heterocycles. The first-order chi connectivity index (χ1) is 40.5. The van der Waals surface area contributed by atoms with Crippen LogP contribution in [-0.4, -0.2) is 37.2 Å². The van der Waals surface area contributed by atoms with Crippen LogP contribution >= 0.6 is 0 Å². The predicted molar refractivity (Wildman–Crippen MR) is 358 cm³/mol. The number of unbranched alkanes of at least 4 members (excludes halogenated alkanes) is 49. The summed E-state index contributed by atoms with van der Waals surface area (Å²) < 4.78 is 17.0. The first kappa shape index (κ1) is 79.4. The van der Waals surface area contributed by atoms with Crippen LogP contribution in [0.5, 0.6) is 0 Å². The summed E-state index contributed by atoms with van der Waals surface area (Å²) in [5, 5.41) is 0. The van der Waals surface area contributed by atoms with Crippen LogP contribution in [0.3, 0.4) is 0 Å². The summed E-state index contributed by atoms with van der Waals surface area (Å²) in [5.74, 6) is -0.843. The fourth-order valence-electron chi connectivity index (χ4n) is 11.0. The van der Waals surface area contributed by atoms with Gasteiger partial charge in [0.25, 0.3) is 0 Å². The van der Waals surface area contributed by atoms with Gasteiger partial charge in [-0.05, 0) is 83.5 Å². The lowest BCUT2D eigenvalue weighted by Gasteiger charge is -2.18. The number of carbonyl (C=O) groups excluding carboxylic acids is 3. The van der Waals surface area contributed by atoms with Gasteiger partial charge in [-0.3, -0.25) is 14.4 Å². The molecule has 0 heterocycles. The van der Waals surface area contributed by atoms with Crippen LogP contribution in [0.25, 0.3) is 0 Å². The quantitative estimate of drug-likeness (QED) is 0.0261. The Hall–Kier alpha value is -2.63. The number of rotatable bonds is 68. The van der Waals surface area contributed by atoms with E-state index >= 15 is 0 Å². The number of esters is 3. The van der Waals surface area contributed by atoms with Gasteiger partial charge in [-0.25, -0.2) is 0 Å². The van der Waals surface area contributed by atoms with Gasteiger partial charge in [0.05, 0.1) is 0 Å². The molecule has 82 heavy (non-hydrogen) atoms. The van der Waals surface area contributed by atoms with E-state index in [1.807, 2.05) is 0 Å². The second-order valence-corrected chi connectivity index (χ2v) is 24.9. The van der Waals surface area contributed by atoms with E-state index in [1.165, 1.54) is 289 Å². The molecule has 0 N–H and O–H groups in total. The molecule has 480 valence electrons. The highest BCUT2D eigenvalue weighted by Gasteiger charge is 2.19. The summed E-state index contributed by atoms with van der Waals surface area (Å²) in [6, 6.07) is 0. The molecule has 0 aromatic rings. The molecule has 0 saturated heterocycles. The van der Waals surface area contributed by atoms with Crippen molar-refractivity contribution in [1.29, 1.82) is 0 Å². The normalized spacial score (nSPS) is 12.3. The molecule has 0 radical (unpaired) electrons. The Morgan fingerprint density at radius 2 is 0.439 bits per heavy atom. The van der Waals surface area contributed by atoms with Crippen molar-refractivity contribution in [1.82, 2.24) is 0 Å². The summed E-state index contributed by atoms with van der Waals surface area (Å²) in [7, 11) is 0. The van der Waals surface area contributed by atoms with Crippen molar-refractivity contribution < 1.29 is 28.6 Å². The minimum atomic E-state index is -0.771. The lowest BCUT2D eigenvalue weighted by Crippen LogP contribution is -2.30. The highest BCUT2D eigenvalue weighted by molar-refractivity contribution is 5.71. The number of hydrogen-bond donors (Lipinski definition) is 0. The smallest absolute Gasteiger partial charge is 0.306 e. The molecule has 6 heteroatoms. The van der Waals surface area contributed by atoms with Gasteiger partial charge in [-0.15, -0.1) is 0 Å². The maximum atomic E-state index is 12.9. The Morgan fingerprint density at radius 3 is 0.671 bits per heavy atom. The summed E-state index contributed by atoms with van der Waals surface area (Å²) in [4.78, 5) is 38.4. The van der Waals surface area contributed by atoms with Crippen molar-refractivity contribution in [2.75, 3.05) is 13.2 Å². The Balaban J connectivity index is 4.12. The minimum Gasteiger partial charge on any atom is -0.462 e. The topological polar surface area (TPSA) is 78.9 Å². The molecule has 0 aromatic carbocycles. The Bertz CT molecular complexity index is 1410. The lowest BCUT2D eigenvalue weighted by atomic mass is 10.0. The fourth-order valence-corrected chi connectivity index (χ4v) is 11.0. The molecule has 0 aliphatic heterocycles. The van der Waals surface area contributed by atoms with Crippen molar-refractivity contribution in [3.63, 3.8) is 0 Å². The minimum absolute atomic E-state index is 0.0678. The van der Waals surface area contributed by atoms with Gasteiger partial charge in [0, 0.05) is 19.3 Å². The van der Waals surface area contributed by atoms with E-state index in [2.05, 4.69) is 69.4 Å². The standard InChI is InChI=1S/C76H140O6/c1-4-7-10-13-16-19-22-24-26-28-30-32-34-36-37-38-39-41-42-44-46-48-50-52-54-57-60-63-66-69-75(78)81-72-73(71-80-74(77)68-65-62-59-56-21-18-15-12-9-6-3)82-76(79)70-67-64-61-58-55-53-51-49-47-45-43-40-35-33-31-29-27-25-23-20-17-14-11-8-5-2/h22-25,28-31,73H,4-21,26-27,32-72H2,1-3H3/b24-22-,25-23-,30-28-,31-29-. The maximum Gasteiger partial charge on any atom is 0.306 e. The molecular weight excluding hydrogens is 1010 g/mol. The highest BCUT2D eigenvalue weighted by atomic mass is 16.6. The van der Waals surface area contributed by atoms with Gasteiger partial charge in [0.1, 0.15) is 13.2 Å². The Morgan fingerprint density at radius 1 is 0.244 bits per heavy atom. The molecule has 0 aliphatic carbocycles. The van der Waals surface area contributed by atoms with Crippen LogP contribution in [0.1, 0.15) is 400 Å². The summed E-state index contributed by atoms with van der Waals surface area (Å²) >= 11 is 0. The molecule has 0 saturated carbocycles. The SMILES string of the molecule is CCCCCCC/C=C\C/C=C\CCCCCCCCCCCCCCCCCCCC(=O)OCC(COC(=O)CCCCCCCCCCCC)OC(=O)CCCCCCCCCCCCCCC/C=C\C/C=C\CCCCCCC. The van der Waals surface area contributed by atoms with Gasteiger partial charge < -0.3 is 14.2 Å². The molecule has 0 aliphatic rings. The molecule has 0 bridgehead atoms. The number of allylic oxidation sites excluding steroid dienone is 8. The van der Waals surface area contributed by atoms with Crippen molar-refractivity contribution in [2.45, 2.75) is 406 Å². The Labute approximate surface area is 511 Å². The molecule has 1 unspecified atom stereocenters. The van der Waals surface area contributed by atoms with Crippen LogP contribution in [0.4, 0.5) is 0 Å². The van der Waals surface area contributed by atoms with E-state index in [-0.39, 0.29) is 31.1 Å². The third-order valence-corrected chi connectivity index (χ3v) is 16.6. The third kappa shape index (κ3) is 68.2. The third-order valence-electron chi connectivity index (χ3n) is 16.6. The maximum absolute atomic E-state index is 12.9. The van der Waals surface area contributed by atoms with Crippen LogP contribution in [0, 0.1) is 0 Å². The van der Waals surface area contributed by atoms with E-state index in [1.54, 1.807) is 0 Å². The van der Waals surface area contributed by atoms with E-state index in [0.717, 1.165) is 70.6 Å². The van der Waals surface area contributed by atoms with E-state index in [0.29, 0.717) is 19.3 Å².